The Morgan fingerprint density at radius 3 is 2.67 bits per heavy atom. The minimum atomic E-state index is -5.19. The Hall–Kier alpha value is -1.89. The second-order valence-corrected chi connectivity index (χ2v) is 4.55. The molecule has 0 saturated carbocycles. The van der Waals surface area contributed by atoms with Gasteiger partial charge in [0.25, 0.3) is 5.72 Å². The molecule has 0 aromatic carbocycles. The lowest BCUT2D eigenvalue weighted by atomic mass is 10.1. The molecule has 0 spiro atoms. The SMILES string of the molecule is CCN(N=O)C(C)N1CCCC1(C#N)OC(=O)C(F)(F)F. The number of carbonyl (C=O) groups excluding carboxylic acids is 1. The van der Waals surface area contributed by atoms with Crippen molar-refractivity contribution in [3.63, 3.8) is 0 Å². The average molecular weight is 308 g/mol. The van der Waals surface area contributed by atoms with Crippen LogP contribution in [0.1, 0.15) is 26.7 Å². The predicted octanol–water partition coefficient (Wildman–Crippen LogP) is 1.76. The Kier molecular flexibility index (Phi) is 5.11. The third-order valence-electron chi connectivity index (χ3n) is 3.36. The number of hydrogen-bond acceptors (Lipinski definition) is 6. The lowest BCUT2D eigenvalue weighted by Gasteiger charge is -2.38. The van der Waals surface area contributed by atoms with E-state index in [0.717, 1.165) is 5.01 Å². The maximum absolute atomic E-state index is 12.3. The van der Waals surface area contributed by atoms with Crippen molar-refractivity contribution in [2.45, 2.75) is 44.8 Å². The van der Waals surface area contributed by atoms with Gasteiger partial charge in [0.1, 0.15) is 12.2 Å². The van der Waals surface area contributed by atoms with Crippen molar-refractivity contribution in [2.75, 3.05) is 13.1 Å². The third-order valence-corrected chi connectivity index (χ3v) is 3.36. The number of nitrogens with zero attached hydrogens (tertiary/aromatic N) is 4. The van der Waals surface area contributed by atoms with Crippen LogP contribution in [0.5, 0.6) is 0 Å². The van der Waals surface area contributed by atoms with Gasteiger partial charge in [0.15, 0.2) is 0 Å². The summed E-state index contributed by atoms with van der Waals surface area (Å²) >= 11 is 0. The molecule has 0 amide bonds. The minimum absolute atomic E-state index is 0.0634. The zero-order valence-corrected chi connectivity index (χ0v) is 11.6. The number of alkyl halides is 3. The van der Waals surface area contributed by atoms with E-state index in [-0.39, 0.29) is 19.5 Å². The van der Waals surface area contributed by atoms with Crippen molar-refractivity contribution in [2.24, 2.45) is 5.29 Å². The zero-order valence-electron chi connectivity index (χ0n) is 11.6. The monoisotopic (exact) mass is 308 g/mol. The molecule has 7 nitrogen and oxygen atoms in total. The molecular weight excluding hydrogens is 293 g/mol. The standard InChI is InChI=1S/C11H15F3N4O3/c1-3-18(16-20)8(2)17-6-4-5-10(17,7-15)21-9(19)11(12,13)14/h8H,3-6H2,1-2H3. The molecule has 0 bridgehead atoms. The highest BCUT2D eigenvalue weighted by molar-refractivity contribution is 5.76. The van der Waals surface area contributed by atoms with Crippen LogP contribution in [0.4, 0.5) is 13.2 Å². The zero-order chi connectivity index (χ0) is 16.3. The van der Waals surface area contributed by atoms with E-state index in [1.54, 1.807) is 13.0 Å². The van der Waals surface area contributed by atoms with Crippen molar-refractivity contribution in [3.05, 3.63) is 4.91 Å². The van der Waals surface area contributed by atoms with Crippen LogP contribution in [0.15, 0.2) is 5.29 Å². The van der Waals surface area contributed by atoms with E-state index < -0.39 is 24.0 Å². The van der Waals surface area contributed by atoms with E-state index in [2.05, 4.69) is 10.0 Å². The molecule has 1 rings (SSSR count). The van der Waals surface area contributed by atoms with Crippen LogP contribution < -0.4 is 0 Å². The van der Waals surface area contributed by atoms with Gasteiger partial charge in [-0.1, -0.05) is 0 Å². The van der Waals surface area contributed by atoms with Gasteiger partial charge in [-0.05, 0) is 20.3 Å². The first-order valence-electron chi connectivity index (χ1n) is 6.30. The molecule has 0 radical (unpaired) electrons. The van der Waals surface area contributed by atoms with Gasteiger partial charge < -0.3 is 4.74 Å². The highest BCUT2D eigenvalue weighted by Gasteiger charge is 2.53. The summed E-state index contributed by atoms with van der Waals surface area (Å²) < 4.78 is 41.5. The fraction of sp³-hybridized carbons (Fsp3) is 0.818. The van der Waals surface area contributed by atoms with Gasteiger partial charge in [0.05, 0.1) is 5.29 Å². The third kappa shape index (κ3) is 3.41. The number of esters is 1. The van der Waals surface area contributed by atoms with E-state index in [4.69, 9.17) is 0 Å². The Morgan fingerprint density at radius 2 is 2.24 bits per heavy atom. The van der Waals surface area contributed by atoms with Gasteiger partial charge in [-0.3, -0.25) is 0 Å². The quantitative estimate of drug-likeness (QED) is 0.437. The van der Waals surface area contributed by atoms with Gasteiger partial charge >= 0.3 is 12.1 Å². The molecule has 0 N–H and O–H groups in total. The number of nitroso groups, excluding NO2 is 1. The summed E-state index contributed by atoms with van der Waals surface area (Å²) in [5.74, 6) is -2.43. The summed E-state index contributed by atoms with van der Waals surface area (Å²) in [6, 6.07) is 1.63. The minimum Gasteiger partial charge on any atom is -0.423 e. The number of ether oxygens (including phenoxy) is 1. The van der Waals surface area contributed by atoms with E-state index in [1.807, 2.05) is 0 Å². The van der Waals surface area contributed by atoms with Crippen molar-refractivity contribution in [3.8, 4) is 6.07 Å². The fourth-order valence-electron chi connectivity index (χ4n) is 2.32. The molecule has 1 saturated heterocycles. The first kappa shape index (κ1) is 17.2. The first-order chi connectivity index (χ1) is 9.71. The Morgan fingerprint density at radius 1 is 1.62 bits per heavy atom. The lowest BCUT2D eigenvalue weighted by molar-refractivity contribution is -0.224. The number of carbonyl (C=O) groups is 1. The number of likely N-dealkylation sites (tertiary alicyclic amines) is 1. The molecule has 118 valence electrons. The lowest BCUT2D eigenvalue weighted by Crippen LogP contribution is -2.56. The van der Waals surface area contributed by atoms with Crippen molar-refractivity contribution >= 4 is 5.97 Å². The predicted molar refractivity (Wildman–Crippen MR) is 64.1 cm³/mol. The van der Waals surface area contributed by atoms with Gasteiger partial charge in [-0.25, -0.2) is 14.7 Å². The van der Waals surface area contributed by atoms with Crippen molar-refractivity contribution in [1.29, 1.82) is 5.26 Å². The second kappa shape index (κ2) is 6.26. The summed E-state index contributed by atoms with van der Waals surface area (Å²) in [5.41, 5.74) is -2.04. The van der Waals surface area contributed by atoms with Crippen LogP contribution in [0.25, 0.3) is 0 Å². The Labute approximate surface area is 119 Å². The smallest absolute Gasteiger partial charge is 0.423 e. The molecule has 21 heavy (non-hydrogen) atoms. The van der Waals surface area contributed by atoms with Crippen LogP contribution in [-0.4, -0.2) is 47.0 Å². The Balaban J connectivity index is 3.02. The summed E-state index contributed by atoms with van der Waals surface area (Å²) in [6.07, 6.45) is -5.66. The molecule has 0 aliphatic carbocycles. The van der Waals surface area contributed by atoms with Crippen LogP contribution >= 0.6 is 0 Å². The number of nitriles is 1. The molecule has 2 unspecified atom stereocenters. The highest BCUT2D eigenvalue weighted by atomic mass is 19.4. The molecule has 1 aliphatic heterocycles. The number of hydrogen-bond donors (Lipinski definition) is 0. The van der Waals surface area contributed by atoms with E-state index >= 15 is 0 Å². The summed E-state index contributed by atoms with van der Waals surface area (Å²) in [6.45, 7) is 3.55. The first-order valence-corrected chi connectivity index (χ1v) is 6.30. The largest absolute Gasteiger partial charge is 0.491 e. The van der Waals surface area contributed by atoms with Crippen LogP contribution in [0, 0.1) is 16.2 Å². The molecule has 0 aromatic rings. The van der Waals surface area contributed by atoms with Gasteiger partial charge in [0, 0.05) is 19.5 Å². The fourth-order valence-corrected chi connectivity index (χ4v) is 2.32. The maximum atomic E-state index is 12.3. The normalized spacial score (nSPS) is 24.2. The Bertz CT molecular complexity index is 451. The average Bonchev–Trinajstić information content (AvgIpc) is 2.83. The number of halogens is 3. The molecule has 1 aliphatic rings. The van der Waals surface area contributed by atoms with E-state index in [1.165, 1.54) is 11.8 Å². The van der Waals surface area contributed by atoms with Crippen molar-refractivity contribution in [1.82, 2.24) is 9.91 Å². The second-order valence-electron chi connectivity index (χ2n) is 4.55. The van der Waals surface area contributed by atoms with Crippen molar-refractivity contribution < 1.29 is 22.7 Å². The van der Waals surface area contributed by atoms with Gasteiger partial charge in [-0.2, -0.15) is 18.4 Å². The molecule has 1 heterocycles. The van der Waals surface area contributed by atoms with Crippen LogP contribution in [-0.2, 0) is 9.53 Å². The summed E-state index contributed by atoms with van der Waals surface area (Å²) in [5, 5.41) is 13.0. The molecule has 10 heteroatoms. The molecule has 1 fully saturated rings. The molecule has 2 atom stereocenters. The van der Waals surface area contributed by atoms with E-state index in [0.29, 0.717) is 6.42 Å². The molecule has 0 aromatic heterocycles. The number of rotatable bonds is 5. The van der Waals surface area contributed by atoms with Gasteiger partial charge in [-0.15, -0.1) is 4.91 Å². The summed E-state index contributed by atoms with van der Waals surface area (Å²) in [4.78, 5) is 23.0. The topological polar surface area (TPSA) is 86.0 Å². The summed E-state index contributed by atoms with van der Waals surface area (Å²) in [7, 11) is 0. The van der Waals surface area contributed by atoms with Gasteiger partial charge in [0.2, 0.25) is 0 Å². The van der Waals surface area contributed by atoms with Crippen LogP contribution in [0.2, 0.25) is 0 Å². The maximum Gasteiger partial charge on any atom is 0.491 e. The highest BCUT2D eigenvalue weighted by Crippen LogP contribution is 2.35. The molecular formula is C11H15F3N4O3. The van der Waals surface area contributed by atoms with Crippen LogP contribution in [0.3, 0.4) is 0 Å². The van der Waals surface area contributed by atoms with E-state index in [9.17, 15) is 28.1 Å².